The SMILES string of the molecule is CCCCc1ccc(-c2ccc(C3OCC(CCC)CO3)cc2)cc1. The lowest BCUT2D eigenvalue weighted by Crippen LogP contribution is -2.26. The molecule has 0 aromatic heterocycles. The van der Waals surface area contributed by atoms with Crippen LogP contribution in [0.5, 0.6) is 0 Å². The molecule has 1 heterocycles. The fourth-order valence-corrected chi connectivity index (χ4v) is 3.39. The van der Waals surface area contributed by atoms with Crippen molar-refractivity contribution in [1.82, 2.24) is 0 Å². The maximum atomic E-state index is 5.91. The molecule has 0 bridgehead atoms. The minimum Gasteiger partial charge on any atom is -0.348 e. The molecule has 0 aliphatic carbocycles. The van der Waals surface area contributed by atoms with Crippen molar-refractivity contribution in [2.45, 2.75) is 52.2 Å². The van der Waals surface area contributed by atoms with Gasteiger partial charge in [0, 0.05) is 11.5 Å². The number of rotatable bonds is 7. The summed E-state index contributed by atoms with van der Waals surface area (Å²) in [5.41, 5.74) is 5.04. The summed E-state index contributed by atoms with van der Waals surface area (Å²) in [4.78, 5) is 0. The Morgan fingerprint density at radius 2 is 1.40 bits per heavy atom. The van der Waals surface area contributed by atoms with Crippen LogP contribution in [-0.4, -0.2) is 13.2 Å². The number of hydrogen-bond donors (Lipinski definition) is 0. The van der Waals surface area contributed by atoms with Crippen molar-refractivity contribution in [1.29, 1.82) is 0 Å². The van der Waals surface area contributed by atoms with Crippen LogP contribution in [-0.2, 0) is 15.9 Å². The second-order valence-corrected chi connectivity index (χ2v) is 7.08. The van der Waals surface area contributed by atoms with Gasteiger partial charge in [0.25, 0.3) is 0 Å². The first-order valence-electron chi connectivity index (χ1n) is 9.72. The summed E-state index contributed by atoms with van der Waals surface area (Å²) in [5.74, 6) is 0.548. The summed E-state index contributed by atoms with van der Waals surface area (Å²) in [7, 11) is 0. The van der Waals surface area contributed by atoms with E-state index in [2.05, 4.69) is 62.4 Å². The van der Waals surface area contributed by atoms with E-state index >= 15 is 0 Å². The molecule has 0 unspecified atom stereocenters. The smallest absolute Gasteiger partial charge is 0.183 e. The van der Waals surface area contributed by atoms with Crippen LogP contribution in [0.1, 0.15) is 56.9 Å². The fourth-order valence-electron chi connectivity index (χ4n) is 3.39. The predicted molar refractivity (Wildman–Crippen MR) is 104 cm³/mol. The first kappa shape index (κ1) is 18.2. The van der Waals surface area contributed by atoms with Gasteiger partial charge in [0.05, 0.1) is 13.2 Å². The Morgan fingerprint density at radius 3 is 1.96 bits per heavy atom. The molecule has 2 aromatic carbocycles. The van der Waals surface area contributed by atoms with E-state index in [0.717, 1.165) is 18.8 Å². The van der Waals surface area contributed by atoms with Crippen LogP contribution >= 0.6 is 0 Å². The molecule has 1 fully saturated rings. The molecule has 0 amide bonds. The van der Waals surface area contributed by atoms with Gasteiger partial charge in [0.15, 0.2) is 6.29 Å². The van der Waals surface area contributed by atoms with Gasteiger partial charge in [-0.1, -0.05) is 75.2 Å². The maximum absolute atomic E-state index is 5.91. The van der Waals surface area contributed by atoms with Gasteiger partial charge in [0.1, 0.15) is 0 Å². The Balaban J connectivity index is 1.60. The maximum Gasteiger partial charge on any atom is 0.183 e. The molecule has 0 spiro atoms. The predicted octanol–water partition coefficient (Wildman–Crippen LogP) is 6.16. The fraction of sp³-hybridized carbons (Fsp3) is 0.478. The van der Waals surface area contributed by atoms with E-state index in [9.17, 15) is 0 Å². The monoisotopic (exact) mass is 338 g/mol. The van der Waals surface area contributed by atoms with Crippen LogP contribution in [0.25, 0.3) is 11.1 Å². The van der Waals surface area contributed by atoms with Crippen LogP contribution in [0.15, 0.2) is 48.5 Å². The normalized spacial score (nSPS) is 20.6. The molecule has 1 aliphatic heterocycles. The standard InChI is InChI=1S/C23H30O2/c1-3-5-7-18-8-10-20(11-9-18)21-12-14-22(15-13-21)23-24-16-19(6-4-2)17-25-23/h8-15,19,23H,3-7,16-17H2,1-2H3. The third kappa shape index (κ3) is 4.93. The van der Waals surface area contributed by atoms with Gasteiger partial charge in [-0.2, -0.15) is 0 Å². The molecular weight excluding hydrogens is 308 g/mol. The molecule has 134 valence electrons. The Kier molecular flexibility index (Phi) is 6.66. The first-order chi connectivity index (χ1) is 12.3. The summed E-state index contributed by atoms with van der Waals surface area (Å²) in [6.45, 7) is 6.06. The van der Waals surface area contributed by atoms with Crippen molar-refractivity contribution in [3.8, 4) is 11.1 Å². The number of aryl methyl sites for hydroxylation is 1. The molecule has 0 radical (unpaired) electrons. The summed E-state index contributed by atoms with van der Waals surface area (Å²) < 4.78 is 11.8. The van der Waals surface area contributed by atoms with Crippen molar-refractivity contribution in [2.75, 3.05) is 13.2 Å². The van der Waals surface area contributed by atoms with Gasteiger partial charge in [-0.05, 0) is 36.0 Å². The highest BCUT2D eigenvalue weighted by atomic mass is 16.7. The van der Waals surface area contributed by atoms with Crippen molar-refractivity contribution >= 4 is 0 Å². The lowest BCUT2D eigenvalue weighted by molar-refractivity contribution is -0.206. The number of ether oxygens (including phenoxy) is 2. The summed E-state index contributed by atoms with van der Waals surface area (Å²) in [6.07, 6.45) is 5.83. The van der Waals surface area contributed by atoms with Crippen molar-refractivity contribution in [2.24, 2.45) is 5.92 Å². The van der Waals surface area contributed by atoms with Crippen molar-refractivity contribution < 1.29 is 9.47 Å². The molecule has 0 atom stereocenters. The minimum absolute atomic E-state index is 0.210. The Hall–Kier alpha value is -1.64. The van der Waals surface area contributed by atoms with E-state index in [1.165, 1.54) is 48.8 Å². The lowest BCUT2D eigenvalue weighted by atomic mass is 10.0. The summed E-state index contributed by atoms with van der Waals surface area (Å²) >= 11 is 0. The Labute approximate surface area is 152 Å². The highest BCUT2D eigenvalue weighted by Gasteiger charge is 2.22. The number of hydrogen-bond acceptors (Lipinski definition) is 2. The summed E-state index contributed by atoms with van der Waals surface area (Å²) in [6, 6.07) is 17.5. The Morgan fingerprint density at radius 1 is 0.800 bits per heavy atom. The van der Waals surface area contributed by atoms with E-state index in [1.807, 2.05) is 0 Å². The summed E-state index contributed by atoms with van der Waals surface area (Å²) in [5, 5.41) is 0. The van der Waals surface area contributed by atoms with Crippen LogP contribution in [0.2, 0.25) is 0 Å². The second kappa shape index (κ2) is 9.17. The molecular formula is C23H30O2. The highest BCUT2D eigenvalue weighted by Crippen LogP contribution is 2.29. The minimum atomic E-state index is -0.210. The zero-order chi connectivity index (χ0) is 17.5. The van der Waals surface area contributed by atoms with E-state index in [-0.39, 0.29) is 6.29 Å². The number of benzene rings is 2. The van der Waals surface area contributed by atoms with Crippen molar-refractivity contribution in [3.05, 3.63) is 59.7 Å². The zero-order valence-electron chi connectivity index (χ0n) is 15.5. The van der Waals surface area contributed by atoms with Gasteiger partial charge >= 0.3 is 0 Å². The molecule has 2 aromatic rings. The van der Waals surface area contributed by atoms with E-state index in [4.69, 9.17) is 9.47 Å². The van der Waals surface area contributed by atoms with Crippen LogP contribution < -0.4 is 0 Å². The quantitative estimate of drug-likeness (QED) is 0.602. The first-order valence-corrected chi connectivity index (χ1v) is 9.72. The highest BCUT2D eigenvalue weighted by molar-refractivity contribution is 5.64. The third-order valence-electron chi connectivity index (χ3n) is 4.95. The molecule has 25 heavy (non-hydrogen) atoms. The van der Waals surface area contributed by atoms with Crippen molar-refractivity contribution in [3.63, 3.8) is 0 Å². The average Bonchev–Trinajstić information content (AvgIpc) is 2.68. The topological polar surface area (TPSA) is 18.5 Å². The molecule has 2 nitrogen and oxygen atoms in total. The third-order valence-corrected chi connectivity index (χ3v) is 4.95. The van der Waals surface area contributed by atoms with Gasteiger partial charge in [-0.3, -0.25) is 0 Å². The van der Waals surface area contributed by atoms with Crippen LogP contribution in [0.3, 0.4) is 0 Å². The van der Waals surface area contributed by atoms with Crippen LogP contribution in [0, 0.1) is 5.92 Å². The van der Waals surface area contributed by atoms with Gasteiger partial charge < -0.3 is 9.47 Å². The number of unbranched alkanes of at least 4 members (excludes halogenated alkanes) is 1. The largest absolute Gasteiger partial charge is 0.348 e. The zero-order valence-corrected chi connectivity index (χ0v) is 15.5. The second-order valence-electron chi connectivity index (χ2n) is 7.08. The van der Waals surface area contributed by atoms with E-state index in [0.29, 0.717) is 5.92 Å². The van der Waals surface area contributed by atoms with Crippen LogP contribution in [0.4, 0.5) is 0 Å². The van der Waals surface area contributed by atoms with E-state index in [1.54, 1.807) is 0 Å². The average molecular weight is 338 g/mol. The lowest BCUT2D eigenvalue weighted by Gasteiger charge is -2.29. The molecule has 1 aliphatic rings. The van der Waals surface area contributed by atoms with E-state index < -0.39 is 0 Å². The molecule has 0 saturated carbocycles. The molecule has 2 heteroatoms. The molecule has 3 rings (SSSR count). The van der Waals surface area contributed by atoms with Gasteiger partial charge in [-0.25, -0.2) is 0 Å². The van der Waals surface area contributed by atoms with Gasteiger partial charge in [0.2, 0.25) is 0 Å². The molecule has 0 N–H and O–H groups in total. The Bertz CT molecular complexity index is 622. The van der Waals surface area contributed by atoms with Gasteiger partial charge in [-0.15, -0.1) is 0 Å². The molecule has 1 saturated heterocycles.